The van der Waals surface area contributed by atoms with Crippen molar-refractivity contribution in [2.24, 2.45) is 17.3 Å². The molecule has 1 amide bonds. The molecule has 184 valence electrons. The van der Waals surface area contributed by atoms with Gasteiger partial charge in [0.2, 0.25) is 15.9 Å². The fourth-order valence-electron chi connectivity index (χ4n) is 7.28. The number of rotatable bonds is 7. The summed E-state index contributed by atoms with van der Waals surface area (Å²) in [5.41, 5.74) is -0.663. The monoisotopic (exact) mass is 488 g/mol. The van der Waals surface area contributed by atoms with Gasteiger partial charge in [0.15, 0.2) is 12.4 Å². The number of carbonyl (C=O) groups excluding carboxylic acids is 3. The van der Waals surface area contributed by atoms with E-state index >= 15 is 0 Å². The Hall–Kier alpha value is -2.26. The van der Waals surface area contributed by atoms with Crippen molar-refractivity contribution in [1.82, 2.24) is 9.62 Å². The van der Waals surface area contributed by atoms with Gasteiger partial charge in [-0.05, 0) is 87.5 Å². The number of sulfonamides is 1. The highest BCUT2D eigenvalue weighted by Crippen LogP contribution is 2.62. The highest BCUT2D eigenvalue weighted by Gasteiger charge is 2.61. The van der Waals surface area contributed by atoms with E-state index in [0.29, 0.717) is 36.9 Å². The number of esters is 1. The third kappa shape index (κ3) is 4.17. The van der Waals surface area contributed by atoms with Gasteiger partial charge in [-0.15, -0.1) is 0 Å². The minimum Gasteiger partial charge on any atom is -0.457 e. The molecule has 2 unspecified atom stereocenters. The number of ketones is 1. The van der Waals surface area contributed by atoms with E-state index < -0.39 is 15.4 Å². The molecule has 1 heterocycles. The van der Waals surface area contributed by atoms with Gasteiger partial charge in [0.25, 0.3) is 0 Å². The predicted molar refractivity (Wildman–Crippen MR) is 123 cm³/mol. The summed E-state index contributed by atoms with van der Waals surface area (Å²) in [7, 11) is -3.54. The molecule has 8 nitrogen and oxygen atoms in total. The Morgan fingerprint density at radius 2 is 1.65 bits per heavy atom. The van der Waals surface area contributed by atoms with Crippen LogP contribution in [0.25, 0.3) is 0 Å². The van der Waals surface area contributed by atoms with Crippen LogP contribution in [0.1, 0.15) is 68.6 Å². The third-order valence-electron chi connectivity index (χ3n) is 8.15. The fourth-order valence-corrected chi connectivity index (χ4v) is 8.80. The molecule has 1 aromatic rings. The fraction of sp³-hybridized carbons (Fsp3) is 0.640. The molecule has 1 N–H and O–H groups in total. The number of nitrogens with one attached hydrogen (secondary N) is 1. The summed E-state index contributed by atoms with van der Waals surface area (Å²) in [6, 6.07) is 5.85. The summed E-state index contributed by atoms with van der Waals surface area (Å²) < 4.78 is 32.4. The van der Waals surface area contributed by atoms with Gasteiger partial charge in [0, 0.05) is 31.1 Å². The molecule has 0 radical (unpaired) electrons. The van der Waals surface area contributed by atoms with Gasteiger partial charge in [-0.2, -0.15) is 4.31 Å². The number of hydrogen-bond acceptors (Lipinski definition) is 6. The number of hydrogen-bond donors (Lipinski definition) is 1. The molecule has 6 rings (SSSR count). The van der Waals surface area contributed by atoms with Gasteiger partial charge in [-0.25, -0.2) is 8.42 Å². The molecule has 0 spiro atoms. The first-order valence-corrected chi connectivity index (χ1v) is 13.6. The first-order valence-electron chi connectivity index (χ1n) is 12.2. The zero-order chi connectivity index (χ0) is 24.1. The predicted octanol–water partition coefficient (Wildman–Crippen LogP) is 2.67. The summed E-state index contributed by atoms with van der Waals surface area (Å²) in [5, 5.41) is 3.13. The number of benzene rings is 1. The van der Waals surface area contributed by atoms with Gasteiger partial charge < -0.3 is 10.1 Å². The van der Waals surface area contributed by atoms with Crippen molar-refractivity contribution in [2.45, 2.75) is 68.7 Å². The number of ether oxygens (including phenoxy) is 1. The molecule has 1 aliphatic heterocycles. The Morgan fingerprint density at radius 3 is 2.24 bits per heavy atom. The second-order valence-electron chi connectivity index (χ2n) is 10.8. The lowest BCUT2D eigenvalue weighted by Gasteiger charge is -2.60. The molecule has 4 bridgehead atoms. The molecule has 4 saturated carbocycles. The van der Waals surface area contributed by atoms with Gasteiger partial charge in [0.1, 0.15) is 0 Å². The molecule has 1 saturated heterocycles. The highest BCUT2D eigenvalue weighted by molar-refractivity contribution is 7.89. The van der Waals surface area contributed by atoms with Crippen LogP contribution in [0.3, 0.4) is 0 Å². The van der Waals surface area contributed by atoms with Crippen LogP contribution >= 0.6 is 0 Å². The van der Waals surface area contributed by atoms with Crippen molar-refractivity contribution < 1.29 is 27.5 Å². The Balaban J connectivity index is 1.23. The molecule has 1 aromatic carbocycles. The first-order chi connectivity index (χ1) is 16.1. The second-order valence-corrected chi connectivity index (χ2v) is 12.8. The molecule has 9 heteroatoms. The lowest BCUT2D eigenvalue weighted by molar-refractivity contribution is -0.174. The Morgan fingerprint density at radius 1 is 1.03 bits per heavy atom. The Labute approximate surface area is 200 Å². The van der Waals surface area contributed by atoms with Crippen molar-refractivity contribution in [3.8, 4) is 0 Å². The molecule has 5 aliphatic rings. The number of carbonyl (C=O) groups is 3. The summed E-state index contributed by atoms with van der Waals surface area (Å²) in [6.45, 7) is 2.18. The van der Waals surface area contributed by atoms with Crippen molar-refractivity contribution in [3.05, 3.63) is 29.8 Å². The average molecular weight is 489 g/mol. The lowest BCUT2D eigenvalue weighted by Crippen LogP contribution is -2.64. The van der Waals surface area contributed by atoms with E-state index in [9.17, 15) is 22.8 Å². The van der Waals surface area contributed by atoms with E-state index in [1.807, 2.05) is 0 Å². The lowest BCUT2D eigenvalue weighted by atomic mass is 9.47. The largest absolute Gasteiger partial charge is 0.457 e. The minimum absolute atomic E-state index is 0.0733. The van der Waals surface area contributed by atoms with Crippen LogP contribution in [0.15, 0.2) is 29.2 Å². The zero-order valence-corrected chi connectivity index (χ0v) is 20.4. The quantitative estimate of drug-likeness (QED) is 0.467. The van der Waals surface area contributed by atoms with Gasteiger partial charge >= 0.3 is 5.97 Å². The maximum Gasteiger partial charge on any atom is 0.312 e. The van der Waals surface area contributed by atoms with E-state index in [-0.39, 0.29) is 34.7 Å². The molecular formula is C25H32N2O6S. The van der Waals surface area contributed by atoms with Gasteiger partial charge in [0.05, 0.1) is 10.3 Å². The average Bonchev–Trinajstić information content (AvgIpc) is 3.31. The second kappa shape index (κ2) is 8.45. The normalized spacial score (nSPS) is 32.5. The van der Waals surface area contributed by atoms with Crippen LogP contribution in [0.4, 0.5) is 0 Å². The third-order valence-corrected chi connectivity index (χ3v) is 10.1. The van der Waals surface area contributed by atoms with E-state index in [4.69, 9.17) is 4.74 Å². The van der Waals surface area contributed by atoms with E-state index in [1.54, 1.807) is 0 Å². The van der Waals surface area contributed by atoms with Crippen LogP contribution in [0.5, 0.6) is 0 Å². The Kier molecular flexibility index (Phi) is 5.83. The zero-order valence-electron chi connectivity index (χ0n) is 19.5. The van der Waals surface area contributed by atoms with Crippen molar-refractivity contribution in [3.63, 3.8) is 0 Å². The first kappa shape index (κ1) is 23.5. The van der Waals surface area contributed by atoms with Crippen molar-refractivity contribution >= 4 is 27.7 Å². The van der Waals surface area contributed by atoms with Crippen LogP contribution in [0.2, 0.25) is 0 Å². The maximum absolute atomic E-state index is 13.2. The summed E-state index contributed by atoms with van der Waals surface area (Å²) in [4.78, 5) is 37.9. The SMILES string of the molecule is CC(=O)NC12CC3CC(C1)CC(C(=O)OCC(=O)c1ccc(S(=O)(=O)N4CCCC4)cc1)(C3)C2. The van der Waals surface area contributed by atoms with E-state index in [1.165, 1.54) is 35.5 Å². The molecule has 0 aromatic heterocycles. The van der Waals surface area contributed by atoms with E-state index in [2.05, 4.69) is 5.32 Å². The van der Waals surface area contributed by atoms with Gasteiger partial charge in [-0.1, -0.05) is 0 Å². The van der Waals surface area contributed by atoms with Gasteiger partial charge in [-0.3, -0.25) is 14.4 Å². The van der Waals surface area contributed by atoms with Crippen LogP contribution in [-0.2, 0) is 24.3 Å². The van der Waals surface area contributed by atoms with Crippen LogP contribution < -0.4 is 5.32 Å². The number of Topliss-reactive ketones (excluding diaryl/α,β-unsaturated/α-hetero) is 1. The summed E-state index contributed by atoms with van der Waals surface area (Å²) in [6.07, 6.45) is 6.69. The molecule has 4 aliphatic carbocycles. The van der Waals surface area contributed by atoms with Crippen LogP contribution in [-0.4, -0.2) is 55.6 Å². The van der Waals surface area contributed by atoms with Crippen molar-refractivity contribution in [2.75, 3.05) is 19.7 Å². The maximum atomic E-state index is 13.2. The smallest absolute Gasteiger partial charge is 0.312 e. The standard InChI is InChI=1S/C25H32N2O6S/c1-17(28)26-25-13-18-10-19(14-25)12-24(11-18,16-25)23(30)33-15-22(29)20-4-6-21(7-5-20)34(31,32)27-8-2-3-9-27/h4-7,18-19H,2-3,8-16H2,1H3,(H,26,28). The number of nitrogens with zero attached hydrogens (tertiary/aromatic N) is 1. The number of amides is 1. The minimum atomic E-state index is -3.54. The molecule has 2 atom stereocenters. The molecule has 34 heavy (non-hydrogen) atoms. The molecular weight excluding hydrogens is 456 g/mol. The summed E-state index contributed by atoms with van der Waals surface area (Å²) >= 11 is 0. The van der Waals surface area contributed by atoms with Crippen LogP contribution in [0, 0.1) is 17.3 Å². The highest BCUT2D eigenvalue weighted by atomic mass is 32.2. The Bertz CT molecular complexity index is 1090. The van der Waals surface area contributed by atoms with Crippen molar-refractivity contribution in [1.29, 1.82) is 0 Å². The molecule has 5 fully saturated rings. The van der Waals surface area contributed by atoms with E-state index in [0.717, 1.165) is 44.9 Å². The summed E-state index contributed by atoms with van der Waals surface area (Å²) in [5.74, 6) is -0.00331. The topological polar surface area (TPSA) is 110 Å².